The Labute approximate surface area is 86.6 Å². The second kappa shape index (κ2) is 6.52. The topological polar surface area (TPSA) is 18.5 Å². The lowest BCUT2D eigenvalue weighted by molar-refractivity contribution is 0.0352. The van der Waals surface area contributed by atoms with Crippen molar-refractivity contribution in [2.24, 2.45) is 0 Å². The van der Waals surface area contributed by atoms with Crippen molar-refractivity contribution in [3.8, 4) is 0 Å². The van der Waals surface area contributed by atoms with Gasteiger partial charge in [0, 0.05) is 0 Å². The van der Waals surface area contributed by atoms with Gasteiger partial charge in [0.1, 0.15) is 0 Å². The molecule has 1 aliphatic rings. The maximum absolute atomic E-state index is 5.53. The Balaban J connectivity index is 2.17. The SMILES string of the molecule is C/C=C/OC1CCC(O/C=C/C)CC1. The van der Waals surface area contributed by atoms with Gasteiger partial charge in [0.15, 0.2) is 0 Å². The molecule has 0 amide bonds. The van der Waals surface area contributed by atoms with Crippen LogP contribution in [0.5, 0.6) is 0 Å². The van der Waals surface area contributed by atoms with Gasteiger partial charge in [-0.25, -0.2) is 0 Å². The fourth-order valence-electron chi connectivity index (χ4n) is 1.68. The molecule has 0 unspecified atom stereocenters. The maximum Gasteiger partial charge on any atom is 0.0981 e. The van der Waals surface area contributed by atoms with Crippen LogP contribution in [0.2, 0.25) is 0 Å². The summed E-state index contributed by atoms with van der Waals surface area (Å²) < 4.78 is 11.1. The molecular formula is C12H20O2. The van der Waals surface area contributed by atoms with E-state index in [1.54, 1.807) is 12.5 Å². The summed E-state index contributed by atoms with van der Waals surface area (Å²) in [5, 5.41) is 0. The van der Waals surface area contributed by atoms with Gasteiger partial charge in [0.25, 0.3) is 0 Å². The normalized spacial score (nSPS) is 28.4. The zero-order valence-electron chi connectivity index (χ0n) is 9.11. The molecule has 2 nitrogen and oxygen atoms in total. The van der Waals surface area contributed by atoms with Crippen LogP contribution in [0, 0.1) is 0 Å². The molecule has 0 aromatic carbocycles. The van der Waals surface area contributed by atoms with Crippen molar-refractivity contribution in [3.63, 3.8) is 0 Å². The third-order valence-electron chi connectivity index (χ3n) is 2.44. The molecule has 2 heteroatoms. The standard InChI is InChI=1S/C12H20O2/c1-3-9-13-11-5-7-12(8-6-11)14-10-4-2/h3-4,9-12H,5-8H2,1-2H3/b9-3+,10-4+. The molecule has 0 aliphatic heterocycles. The lowest BCUT2D eigenvalue weighted by atomic mass is 9.95. The van der Waals surface area contributed by atoms with Gasteiger partial charge in [0.05, 0.1) is 24.7 Å². The molecule has 0 saturated heterocycles. The summed E-state index contributed by atoms with van der Waals surface area (Å²) in [6, 6.07) is 0. The average Bonchev–Trinajstić information content (AvgIpc) is 2.25. The van der Waals surface area contributed by atoms with Gasteiger partial charge in [-0.2, -0.15) is 0 Å². The molecule has 1 rings (SSSR count). The monoisotopic (exact) mass is 196 g/mol. The molecule has 0 radical (unpaired) electrons. The molecule has 0 bridgehead atoms. The third-order valence-corrected chi connectivity index (χ3v) is 2.44. The summed E-state index contributed by atoms with van der Waals surface area (Å²) in [5.74, 6) is 0. The predicted octanol–water partition coefficient (Wildman–Crippen LogP) is 3.40. The first kappa shape index (κ1) is 11.2. The van der Waals surface area contributed by atoms with E-state index in [2.05, 4.69) is 0 Å². The molecule has 0 aromatic heterocycles. The number of hydrogen-bond acceptors (Lipinski definition) is 2. The Morgan fingerprint density at radius 1 is 0.786 bits per heavy atom. The molecular weight excluding hydrogens is 176 g/mol. The summed E-state index contributed by atoms with van der Waals surface area (Å²) in [6.45, 7) is 3.95. The molecule has 0 N–H and O–H groups in total. The Bertz CT molecular complexity index is 166. The third kappa shape index (κ3) is 3.86. The van der Waals surface area contributed by atoms with Crippen molar-refractivity contribution >= 4 is 0 Å². The van der Waals surface area contributed by atoms with Crippen LogP contribution in [0.25, 0.3) is 0 Å². The van der Waals surface area contributed by atoms with E-state index in [0.29, 0.717) is 12.2 Å². The molecule has 0 spiro atoms. The molecule has 14 heavy (non-hydrogen) atoms. The first-order valence-electron chi connectivity index (χ1n) is 5.40. The average molecular weight is 196 g/mol. The number of rotatable bonds is 4. The van der Waals surface area contributed by atoms with E-state index in [4.69, 9.17) is 9.47 Å². The Hall–Kier alpha value is -0.920. The first-order valence-corrected chi connectivity index (χ1v) is 5.40. The smallest absolute Gasteiger partial charge is 0.0981 e. The van der Waals surface area contributed by atoms with Crippen LogP contribution in [0.3, 0.4) is 0 Å². The molecule has 0 atom stereocenters. The fraction of sp³-hybridized carbons (Fsp3) is 0.667. The van der Waals surface area contributed by atoms with E-state index in [0.717, 1.165) is 25.7 Å². The van der Waals surface area contributed by atoms with E-state index in [9.17, 15) is 0 Å². The Morgan fingerprint density at radius 3 is 1.43 bits per heavy atom. The van der Waals surface area contributed by atoms with Crippen molar-refractivity contribution in [1.29, 1.82) is 0 Å². The minimum absolute atomic E-state index is 0.400. The van der Waals surface area contributed by atoms with E-state index < -0.39 is 0 Å². The van der Waals surface area contributed by atoms with Crippen LogP contribution in [0.4, 0.5) is 0 Å². The largest absolute Gasteiger partial charge is 0.498 e. The van der Waals surface area contributed by atoms with Crippen LogP contribution < -0.4 is 0 Å². The summed E-state index contributed by atoms with van der Waals surface area (Å²) in [5.41, 5.74) is 0. The number of hydrogen-bond donors (Lipinski definition) is 0. The quantitative estimate of drug-likeness (QED) is 0.641. The Kier molecular flexibility index (Phi) is 5.20. The highest BCUT2D eigenvalue weighted by atomic mass is 16.5. The van der Waals surface area contributed by atoms with Crippen molar-refractivity contribution < 1.29 is 9.47 Å². The molecule has 1 aliphatic carbocycles. The zero-order chi connectivity index (χ0) is 10.2. The van der Waals surface area contributed by atoms with Gasteiger partial charge in [0.2, 0.25) is 0 Å². The van der Waals surface area contributed by atoms with Crippen LogP contribution >= 0.6 is 0 Å². The summed E-state index contributed by atoms with van der Waals surface area (Å²) in [6.07, 6.45) is 12.7. The lowest BCUT2D eigenvalue weighted by Gasteiger charge is -2.27. The predicted molar refractivity (Wildman–Crippen MR) is 57.8 cm³/mol. The molecule has 80 valence electrons. The van der Waals surface area contributed by atoms with Crippen LogP contribution in [0.1, 0.15) is 39.5 Å². The molecule has 0 aromatic rings. The highest BCUT2D eigenvalue weighted by Crippen LogP contribution is 2.23. The van der Waals surface area contributed by atoms with Crippen molar-refractivity contribution in [2.45, 2.75) is 51.7 Å². The summed E-state index contributed by atoms with van der Waals surface area (Å²) >= 11 is 0. The Morgan fingerprint density at radius 2 is 1.14 bits per heavy atom. The van der Waals surface area contributed by atoms with Gasteiger partial charge in [-0.3, -0.25) is 0 Å². The van der Waals surface area contributed by atoms with E-state index >= 15 is 0 Å². The lowest BCUT2D eigenvalue weighted by Crippen LogP contribution is -2.24. The second-order valence-electron chi connectivity index (χ2n) is 3.61. The number of ether oxygens (including phenoxy) is 2. The van der Waals surface area contributed by atoms with Gasteiger partial charge < -0.3 is 9.47 Å². The molecule has 1 fully saturated rings. The highest BCUT2D eigenvalue weighted by molar-refractivity contribution is 4.78. The maximum atomic E-state index is 5.53. The van der Waals surface area contributed by atoms with Crippen molar-refractivity contribution in [2.75, 3.05) is 0 Å². The van der Waals surface area contributed by atoms with Gasteiger partial charge in [-0.1, -0.05) is 12.2 Å². The van der Waals surface area contributed by atoms with Crippen LogP contribution in [-0.4, -0.2) is 12.2 Å². The van der Waals surface area contributed by atoms with E-state index in [1.165, 1.54) is 0 Å². The molecule has 1 saturated carbocycles. The summed E-state index contributed by atoms with van der Waals surface area (Å²) in [7, 11) is 0. The second-order valence-corrected chi connectivity index (χ2v) is 3.61. The summed E-state index contributed by atoms with van der Waals surface area (Å²) in [4.78, 5) is 0. The van der Waals surface area contributed by atoms with Gasteiger partial charge in [-0.05, 0) is 39.5 Å². The van der Waals surface area contributed by atoms with E-state index in [-0.39, 0.29) is 0 Å². The molecule has 0 heterocycles. The van der Waals surface area contributed by atoms with Crippen LogP contribution in [0.15, 0.2) is 24.7 Å². The fourth-order valence-corrected chi connectivity index (χ4v) is 1.68. The minimum atomic E-state index is 0.400. The first-order chi connectivity index (χ1) is 6.86. The van der Waals surface area contributed by atoms with Gasteiger partial charge >= 0.3 is 0 Å². The minimum Gasteiger partial charge on any atom is -0.498 e. The highest BCUT2D eigenvalue weighted by Gasteiger charge is 2.21. The van der Waals surface area contributed by atoms with Gasteiger partial charge in [-0.15, -0.1) is 0 Å². The number of allylic oxidation sites excluding steroid dienone is 2. The van der Waals surface area contributed by atoms with Crippen LogP contribution in [-0.2, 0) is 9.47 Å². The van der Waals surface area contributed by atoms with Crippen molar-refractivity contribution in [1.82, 2.24) is 0 Å². The van der Waals surface area contributed by atoms with Crippen molar-refractivity contribution in [3.05, 3.63) is 24.7 Å². The zero-order valence-corrected chi connectivity index (χ0v) is 9.11. The van der Waals surface area contributed by atoms with E-state index in [1.807, 2.05) is 26.0 Å².